The van der Waals surface area contributed by atoms with Gasteiger partial charge in [0.15, 0.2) is 11.5 Å². The third kappa shape index (κ3) is 3.46. The van der Waals surface area contributed by atoms with Gasteiger partial charge in [-0.1, -0.05) is 11.6 Å². The molecule has 2 rings (SSSR count). The standard InChI is InChI=1S/C14H14ClNO4S/c1-19-10-5-4-9(12(15)13(10)20-2)14-16-8(7-21-14)3-6-11(17)18/h4-5,7H,3,6H2,1-2H3,(H,17,18). The van der Waals surface area contributed by atoms with Gasteiger partial charge in [0, 0.05) is 17.4 Å². The summed E-state index contributed by atoms with van der Waals surface area (Å²) in [5, 5.41) is 11.7. The Labute approximate surface area is 131 Å². The highest BCUT2D eigenvalue weighted by Crippen LogP contribution is 2.42. The number of hydrogen-bond acceptors (Lipinski definition) is 5. The molecule has 0 amide bonds. The van der Waals surface area contributed by atoms with Crippen molar-refractivity contribution in [2.45, 2.75) is 12.8 Å². The first-order valence-corrected chi connectivity index (χ1v) is 7.39. The molecule has 0 aliphatic carbocycles. The molecule has 1 aromatic carbocycles. The van der Waals surface area contributed by atoms with Crippen molar-refractivity contribution in [3.63, 3.8) is 0 Å². The molecule has 7 heteroatoms. The average molecular weight is 328 g/mol. The maximum atomic E-state index is 10.6. The van der Waals surface area contributed by atoms with E-state index in [9.17, 15) is 4.79 Å². The van der Waals surface area contributed by atoms with Crippen LogP contribution in [0.2, 0.25) is 5.02 Å². The molecule has 1 aromatic heterocycles. The van der Waals surface area contributed by atoms with Crippen LogP contribution >= 0.6 is 22.9 Å². The van der Waals surface area contributed by atoms with Gasteiger partial charge >= 0.3 is 5.97 Å². The quantitative estimate of drug-likeness (QED) is 0.879. The molecule has 0 atom stereocenters. The van der Waals surface area contributed by atoms with Gasteiger partial charge in [0.1, 0.15) is 5.01 Å². The summed E-state index contributed by atoms with van der Waals surface area (Å²) in [7, 11) is 3.06. The van der Waals surface area contributed by atoms with Crippen LogP contribution in [0.3, 0.4) is 0 Å². The van der Waals surface area contributed by atoms with Gasteiger partial charge in [0.2, 0.25) is 0 Å². The maximum absolute atomic E-state index is 10.6. The van der Waals surface area contributed by atoms with E-state index in [4.69, 9.17) is 26.2 Å². The molecule has 1 N–H and O–H groups in total. The number of thiazole rings is 1. The van der Waals surface area contributed by atoms with E-state index < -0.39 is 5.97 Å². The molecule has 1 heterocycles. The number of carboxylic acids is 1. The summed E-state index contributed by atoms with van der Waals surface area (Å²) in [5.41, 5.74) is 1.48. The molecule has 0 spiro atoms. The Bertz CT molecular complexity index is 656. The lowest BCUT2D eigenvalue weighted by Crippen LogP contribution is -1.97. The average Bonchev–Trinajstić information content (AvgIpc) is 2.93. The Morgan fingerprint density at radius 2 is 2.14 bits per heavy atom. The lowest BCUT2D eigenvalue weighted by Gasteiger charge is -2.11. The minimum Gasteiger partial charge on any atom is -0.493 e. The SMILES string of the molecule is COc1ccc(-c2nc(CCC(=O)O)cs2)c(Cl)c1OC. The molecule has 21 heavy (non-hydrogen) atoms. The van der Waals surface area contributed by atoms with Crippen molar-refractivity contribution in [2.24, 2.45) is 0 Å². The van der Waals surface area contributed by atoms with Crippen molar-refractivity contribution in [1.82, 2.24) is 4.98 Å². The first-order valence-electron chi connectivity index (χ1n) is 6.13. The van der Waals surface area contributed by atoms with Crippen molar-refractivity contribution < 1.29 is 19.4 Å². The first-order chi connectivity index (χ1) is 10.1. The number of methoxy groups -OCH3 is 2. The van der Waals surface area contributed by atoms with Crippen molar-refractivity contribution in [1.29, 1.82) is 0 Å². The normalized spacial score (nSPS) is 10.4. The van der Waals surface area contributed by atoms with E-state index in [1.807, 2.05) is 11.4 Å². The van der Waals surface area contributed by atoms with E-state index in [1.54, 1.807) is 13.2 Å². The van der Waals surface area contributed by atoms with Crippen molar-refractivity contribution in [3.05, 3.63) is 28.2 Å². The molecule has 0 aliphatic rings. The fourth-order valence-corrected chi connectivity index (χ4v) is 3.10. The number of carboxylic acid groups (broad SMARTS) is 1. The van der Waals surface area contributed by atoms with Crippen LogP contribution in [0, 0.1) is 0 Å². The van der Waals surface area contributed by atoms with Gasteiger partial charge in [0.25, 0.3) is 0 Å². The summed E-state index contributed by atoms with van der Waals surface area (Å²) in [4.78, 5) is 15.0. The molecular formula is C14H14ClNO4S. The van der Waals surface area contributed by atoms with Crippen LogP contribution in [0.25, 0.3) is 10.6 Å². The molecule has 0 aliphatic heterocycles. The van der Waals surface area contributed by atoms with E-state index in [-0.39, 0.29) is 6.42 Å². The zero-order valence-corrected chi connectivity index (χ0v) is 13.1. The van der Waals surface area contributed by atoms with Gasteiger partial charge in [0.05, 0.1) is 31.4 Å². The second-order valence-corrected chi connectivity index (χ2v) is 5.44. The van der Waals surface area contributed by atoms with Crippen LogP contribution in [0.1, 0.15) is 12.1 Å². The second-order valence-electron chi connectivity index (χ2n) is 4.20. The summed E-state index contributed by atoms with van der Waals surface area (Å²) in [6.07, 6.45) is 0.458. The molecule has 2 aromatic rings. The number of aromatic nitrogens is 1. The maximum Gasteiger partial charge on any atom is 0.303 e. The summed E-state index contributed by atoms with van der Waals surface area (Å²) >= 11 is 7.75. The highest BCUT2D eigenvalue weighted by molar-refractivity contribution is 7.13. The third-order valence-electron chi connectivity index (χ3n) is 2.86. The summed E-state index contributed by atoms with van der Waals surface area (Å²) in [6, 6.07) is 3.57. The van der Waals surface area contributed by atoms with Crippen LogP contribution in [0.5, 0.6) is 11.5 Å². The predicted molar refractivity (Wildman–Crippen MR) is 81.6 cm³/mol. The number of aryl methyl sites for hydroxylation is 1. The van der Waals surface area contributed by atoms with Gasteiger partial charge < -0.3 is 14.6 Å². The smallest absolute Gasteiger partial charge is 0.303 e. The monoisotopic (exact) mass is 327 g/mol. The van der Waals surface area contributed by atoms with Gasteiger partial charge in [-0.25, -0.2) is 4.98 Å². The minimum atomic E-state index is -0.839. The van der Waals surface area contributed by atoms with Crippen molar-refractivity contribution >= 4 is 28.9 Å². The number of aliphatic carboxylic acids is 1. The van der Waals surface area contributed by atoms with E-state index in [0.29, 0.717) is 22.9 Å². The van der Waals surface area contributed by atoms with Crippen LogP contribution in [0.4, 0.5) is 0 Å². The van der Waals surface area contributed by atoms with E-state index >= 15 is 0 Å². The number of benzene rings is 1. The van der Waals surface area contributed by atoms with E-state index in [0.717, 1.165) is 16.3 Å². The predicted octanol–water partition coefficient (Wildman–Crippen LogP) is 3.50. The summed E-state index contributed by atoms with van der Waals surface area (Å²) < 4.78 is 10.4. The van der Waals surface area contributed by atoms with Gasteiger partial charge in [-0.3, -0.25) is 4.79 Å². The first kappa shape index (κ1) is 15.6. The Morgan fingerprint density at radius 3 is 2.76 bits per heavy atom. The molecule has 5 nitrogen and oxygen atoms in total. The number of rotatable bonds is 6. The number of nitrogens with zero attached hydrogens (tertiary/aromatic N) is 1. The minimum absolute atomic E-state index is 0.0584. The molecular weight excluding hydrogens is 314 g/mol. The molecule has 0 radical (unpaired) electrons. The second kappa shape index (κ2) is 6.78. The van der Waals surface area contributed by atoms with Crippen LogP contribution in [-0.2, 0) is 11.2 Å². The topological polar surface area (TPSA) is 68.7 Å². The van der Waals surface area contributed by atoms with Crippen molar-refractivity contribution in [3.8, 4) is 22.1 Å². The molecule has 0 saturated carbocycles. The Morgan fingerprint density at radius 1 is 1.38 bits per heavy atom. The largest absolute Gasteiger partial charge is 0.493 e. The number of carbonyl (C=O) groups is 1. The highest BCUT2D eigenvalue weighted by atomic mass is 35.5. The van der Waals surface area contributed by atoms with Gasteiger partial charge in [-0.05, 0) is 12.1 Å². The van der Waals surface area contributed by atoms with Gasteiger partial charge in [-0.2, -0.15) is 0 Å². The fourth-order valence-electron chi connectivity index (χ4n) is 1.83. The fraction of sp³-hybridized carbons (Fsp3) is 0.286. The van der Waals surface area contributed by atoms with Gasteiger partial charge in [-0.15, -0.1) is 11.3 Å². The third-order valence-corrected chi connectivity index (χ3v) is 4.16. The van der Waals surface area contributed by atoms with Crippen LogP contribution < -0.4 is 9.47 Å². The zero-order chi connectivity index (χ0) is 15.4. The highest BCUT2D eigenvalue weighted by Gasteiger charge is 2.16. The number of hydrogen-bond donors (Lipinski definition) is 1. The van der Waals surface area contributed by atoms with E-state index in [1.165, 1.54) is 18.4 Å². The molecule has 0 fully saturated rings. The molecule has 112 valence electrons. The lowest BCUT2D eigenvalue weighted by atomic mass is 10.2. The summed E-state index contributed by atoms with van der Waals surface area (Å²) in [5.74, 6) is 0.168. The van der Waals surface area contributed by atoms with Crippen LogP contribution in [0.15, 0.2) is 17.5 Å². The summed E-state index contributed by atoms with van der Waals surface area (Å²) in [6.45, 7) is 0. The zero-order valence-electron chi connectivity index (χ0n) is 11.6. The molecule has 0 unspecified atom stereocenters. The van der Waals surface area contributed by atoms with Crippen molar-refractivity contribution in [2.75, 3.05) is 14.2 Å². The number of halogens is 1. The molecule has 0 bridgehead atoms. The Balaban J connectivity index is 2.32. The lowest BCUT2D eigenvalue weighted by molar-refractivity contribution is -0.136. The van der Waals surface area contributed by atoms with Crippen LogP contribution in [-0.4, -0.2) is 30.3 Å². The Hall–Kier alpha value is -1.79. The number of ether oxygens (including phenoxy) is 2. The Kier molecular flexibility index (Phi) is 5.03. The molecule has 0 saturated heterocycles. The van der Waals surface area contributed by atoms with E-state index in [2.05, 4.69) is 4.98 Å².